The summed E-state index contributed by atoms with van der Waals surface area (Å²) in [4.78, 5) is 2.35. The van der Waals surface area contributed by atoms with Gasteiger partial charge in [0.1, 0.15) is 11.6 Å². The Morgan fingerprint density at radius 2 is 2.00 bits per heavy atom. The van der Waals surface area contributed by atoms with Crippen LogP contribution in [0.15, 0.2) is 0 Å². The van der Waals surface area contributed by atoms with Crippen molar-refractivity contribution in [2.24, 2.45) is 5.92 Å². The Kier molecular flexibility index (Phi) is 4.33. The number of nitrogens with zero attached hydrogens (tertiary/aromatic N) is 4. The number of hydrogen-bond acceptors (Lipinski definition) is 5. The van der Waals surface area contributed by atoms with E-state index in [1.54, 1.807) is 0 Å². The molecule has 2 heterocycles. The molecule has 0 saturated carbocycles. The van der Waals surface area contributed by atoms with Crippen molar-refractivity contribution >= 4 is 5.82 Å². The number of piperidine rings is 1. The summed E-state index contributed by atoms with van der Waals surface area (Å²) in [5.74, 6) is 1.29. The second kappa shape index (κ2) is 5.98. The molecule has 0 spiro atoms. The molecule has 1 saturated heterocycles. The van der Waals surface area contributed by atoms with Gasteiger partial charge in [-0.3, -0.25) is 0 Å². The predicted octanol–water partition coefficient (Wildman–Crippen LogP) is 1.72. The highest BCUT2D eigenvalue weighted by Crippen LogP contribution is 2.20. The van der Waals surface area contributed by atoms with Crippen LogP contribution in [0.3, 0.4) is 0 Å². The van der Waals surface area contributed by atoms with Gasteiger partial charge in [0.25, 0.3) is 0 Å². The summed E-state index contributed by atoms with van der Waals surface area (Å²) < 4.78 is 0. The van der Waals surface area contributed by atoms with Crippen LogP contribution in [0.5, 0.6) is 0 Å². The molecule has 102 valence electrons. The second-order valence-electron chi connectivity index (χ2n) is 5.37. The first-order valence-corrected chi connectivity index (χ1v) is 6.78. The zero-order valence-electron chi connectivity index (χ0n) is 11.9. The number of nitrogens with one attached hydrogen (secondary N) is 1. The van der Waals surface area contributed by atoms with E-state index in [1.807, 2.05) is 13.8 Å². The number of likely N-dealkylation sites (tertiary alicyclic amines) is 1. The maximum Gasteiger partial charge on any atom is 0.166 e. The number of hydrogen-bond donors (Lipinski definition) is 1. The van der Waals surface area contributed by atoms with Crippen molar-refractivity contribution in [2.75, 3.05) is 32.0 Å². The van der Waals surface area contributed by atoms with Crippen LogP contribution in [0.1, 0.15) is 29.7 Å². The molecule has 0 aromatic carbocycles. The average Bonchev–Trinajstić information content (AvgIpc) is 2.42. The van der Waals surface area contributed by atoms with E-state index in [4.69, 9.17) is 0 Å². The zero-order chi connectivity index (χ0) is 13.8. The molecule has 1 aliphatic rings. The molecular formula is C14H21N5. The molecule has 5 heteroatoms. The normalized spacial score (nSPS) is 17.2. The molecule has 0 amide bonds. The summed E-state index contributed by atoms with van der Waals surface area (Å²) in [5, 5.41) is 20.7. The fourth-order valence-electron chi connectivity index (χ4n) is 2.38. The van der Waals surface area contributed by atoms with Gasteiger partial charge < -0.3 is 10.2 Å². The van der Waals surface area contributed by atoms with Crippen molar-refractivity contribution in [3.8, 4) is 6.07 Å². The Balaban J connectivity index is 2.00. The van der Waals surface area contributed by atoms with Gasteiger partial charge in [-0.2, -0.15) is 10.4 Å². The van der Waals surface area contributed by atoms with Crippen LogP contribution in [0.25, 0.3) is 0 Å². The molecule has 0 atom stereocenters. The highest BCUT2D eigenvalue weighted by atomic mass is 15.2. The lowest BCUT2D eigenvalue weighted by atomic mass is 9.97. The lowest BCUT2D eigenvalue weighted by Crippen LogP contribution is -2.33. The van der Waals surface area contributed by atoms with Crippen molar-refractivity contribution in [1.29, 1.82) is 5.26 Å². The van der Waals surface area contributed by atoms with Crippen molar-refractivity contribution in [1.82, 2.24) is 15.1 Å². The fourth-order valence-corrected chi connectivity index (χ4v) is 2.38. The number of aryl methyl sites for hydroxylation is 1. The Labute approximate surface area is 114 Å². The van der Waals surface area contributed by atoms with E-state index in [-0.39, 0.29) is 0 Å². The first-order valence-electron chi connectivity index (χ1n) is 6.78. The summed E-state index contributed by atoms with van der Waals surface area (Å²) in [6.07, 6.45) is 2.40. The molecular weight excluding hydrogens is 238 g/mol. The third-order valence-corrected chi connectivity index (χ3v) is 3.96. The average molecular weight is 259 g/mol. The lowest BCUT2D eigenvalue weighted by molar-refractivity contribution is 0.226. The van der Waals surface area contributed by atoms with Crippen LogP contribution in [0, 0.1) is 31.1 Å². The quantitative estimate of drug-likeness (QED) is 0.895. The topological polar surface area (TPSA) is 64.8 Å². The van der Waals surface area contributed by atoms with Crippen LogP contribution in [-0.4, -0.2) is 41.8 Å². The largest absolute Gasteiger partial charge is 0.367 e. The molecule has 19 heavy (non-hydrogen) atoms. The second-order valence-corrected chi connectivity index (χ2v) is 5.37. The van der Waals surface area contributed by atoms with E-state index in [9.17, 15) is 5.26 Å². The molecule has 5 nitrogen and oxygen atoms in total. The first kappa shape index (κ1) is 13.8. The summed E-state index contributed by atoms with van der Waals surface area (Å²) in [5.41, 5.74) is 2.37. The Hall–Kier alpha value is -1.67. The minimum atomic E-state index is 0.625. The number of aromatic nitrogens is 2. The van der Waals surface area contributed by atoms with E-state index in [1.165, 1.54) is 12.8 Å². The van der Waals surface area contributed by atoms with Crippen molar-refractivity contribution < 1.29 is 0 Å². The van der Waals surface area contributed by atoms with Crippen molar-refractivity contribution in [3.05, 3.63) is 16.8 Å². The summed E-state index contributed by atoms with van der Waals surface area (Å²) in [7, 11) is 2.16. The Bertz CT molecular complexity index is 483. The molecule has 0 bridgehead atoms. The standard InChI is InChI=1S/C14H21N5/c1-10-11(2)17-18-14(13(10)8-15)16-9-12-4-6-19(3)7-5-12/h12H,4-7,9H2,1-3H3,(H,16,18). The molecule has 1 aliphatic heterocycles. The van der Waals surface area contributed by atoms with Gasteiger partial charge in [-0.15, -0.1) is 5.10 Å². The van der Waals surface area contributed by atoms with Gasteiger partial charge in [0.2, 0.25) is 0 Å². The minimum absolute atomic E-state index is 0.625. The van der Waals surface area contributed by atoms with Gasteiger partial charge >= 0.3 is 0 Å². The molecule has 1 N–H and O–H groups in total. The smallest absolute Gasteiger partial charge is 0.166 e. The third-order valence-electron chi connectivity index (χ3n) is 3.96. The molecule has 2 rings (SSSR count). The maximum atomic E-state index is 9.23. The van der Waals surface area contributed by atoms with Crippen LogP contribution >= 0.6 is 0 Å². The van der Waals surface area contributed by atoms with Gasteiger partial charge in [-0.25, -0.2) is 0 Å². The van der Waals surface area contributed by atoms with E-state index in [0.29, 0.717) is 17.3 Å². The van der Waals surface area contributed by atoms with Crippen LogP contribution < -0.4 is 5.32 Å². The number of anilines is 1. The van der Waals surface area contributed by atoms with Crippen molar-refractivity contribution in [2.45, 2.75) is 26.7 Å². The van der Waals surface area contributed by atoms with Gasteiger partial charge in [0.15, 0.2) is 5.82 Å². The van der Waals surface area contributed by atoms with Gasteiger partial charge in [-0.05, 0) is 58.3 Å². The minimum Gasteiger partial charge on any atom is -0.367 e. The third kappa shape index (κ3) is 3.21. The maximum absolute atomic E-state index is 9.23. The van der Waals surface area contributed by atoms with Gasteiger partial charge in [0.05, 0.1) is 5.69 Å². The van der Waals surface area contributed by atoms with E-state index in [0.717, 1.165) is 30.9 Å². The molecule has 0 radical (unpaired) electrons. The van der Waals surface area contributed by atoms with Crippen LogP contribution in [-0.2, 0) is 0 Å². The highest BCUT2D eigenvalue weighted by Gasteiger charge is 2.17. The Morgan fingerprint density at radius 3 is 2.63 bits per heavy atom. The molecule has 1 fully saturated rings. The van der Waals surface area contributed by atoms with E-state index < -0.39 is 0 Å². The zero-order valence-corrected chi connectivity index (χ0v) is 11.9. The SMILES string of the molecule is Cc1nnc(NCC2CCN(C)CC2)c(C#N)c1C. The summed E-state index contributed by atoms with van der Waals surface area (Å²) >= 11 is 0. The fraction of sp³-hybridized carbons (Fsp3) is 0.643. The number of rotatable bonds is 3. The first-order chi connectivity index (χ1) is 9.11. The van der Waals surface area contributed by atoms with E-state index >= 15 is 0 Å². The van der Waals surface area contributed by atoms with Crippen LogP contribution in [0.2, 0.25) is 0 Å². The Morgan fingerprint density at radius 1 is 1.32 bits per heavy atom. The van der Waals surface area contributed by atoms with Crippen LogP contribution in [0.4, 0.5) is 5.82 Å². The van der Waals surface area contributed by atoms with E-state index in [2.05, 4.69) is 33.5 Å². The molecule has 1 aromatic rings. The summed E-state index contributed by atoms with van der Waals surface area (Å²) in [6, 6.07) is 2.23. The van der Waals surface area contributed by atoms with Gasteiger partial charge in [0, 0.05) is 6.54 Å². The number of nitriles is 1. The van der Waals surface area contributed by atoms with Crippen molar-refractivity contribution in [3.63, 3.8) is 0 Å². The molecule has 0 aliphatic carbocycles. The summed E-state index contributed by atoms with van der Waals surface area (Å²) in [6.45, 7) is 6.97. The van der Waals surface area contributed by atoms with Gasteiger partial charge in [-0.1, -0.05) is 0 Å². The monoisotopic (exact) mass is 259 g/mol. The predicted molar refractivity (Wildman–Crippen MR) is 74.9 cm³/mol. The molecule has 1 aromatic heterocycles. The lowest BCUT2D eigenvalue weighted by Gasteiger charge is -2.29. The highest BCUT2D eigenvalue weighted by molar-refractivity contribution is 5.55. The molecule has 0 unspecified atom stereocenters.